The molecule has 0 aliphatic carbocycles. The largest absolute Gasteiger partial charge is 0.480 e. The molecule has 0 radical (unpaired) electrons. The fourth-order valence-corrected chi connectivity index (χ4v) is 2.65. The van der Waals surface area contributed by atoms with Gasteiger partial charge in [-0.05, 0) is 18.1 Å². The van der Waals surface area contributed by atoms with Crippen LogP contribution in [0.25, 0.3) is 0 Å². The highest BCUT2D eigenvalue weighted by Crippen LogP contribution is 2.08. The van der Waals surface area contributed by atoms with Gasteiger partial charge in [0.15, 0.2) is 0 Å². The third kappa shape index (κ3) is 7.27. The van der Waals surface area contributed by atoms with Gasteiger partial charge in [-0.3, -0.25) is 4.79 Å². The molecule has 4 N–H and O–H groups in total. The zero-order valence-electron chi connectivity index (χ0n) is 16.0. The quantitative estimate of drug-likeness (QED) is 0.504. The SMILES string of the molecule is Cc1cccc(C[C@H](NC(=O)[C@H](CO)NC(=O)OCc2ccccc2)C(=O)O)c1. The Bertz CT molecular complexity index is 840. The normalized spacial score (nSPS) is 12.5. The Balaban J connectivity index is 1.92. The van der Waals surface area contributed by atoms with Crippen molar-refractivity contribution in [3.8, 4) is 0 Å². The molecule has 8 heteroatoms. The van der Waals surface area contributed by atoms with E-state index >= 15 is 0 Å². The van der Waals surface area contributed by atoms with Gasteiger partial charge in [-0.25, -0.2) is 9.59 Å². The molecule has 0 unspecified atom stereocenters. The van der Waals surface area contributed by atoms with Crippen LogP contribution in [0, 0.1) is 6.92 Å². The lowest BCUT2D eigenvalue weighted by Gasteiger charge is -2.20. The summed E-state index contributed by atoms with van der Waals surface area (Å²) in [5.74, 6) is -2.03. The van der Waals surface area contributed by atoms with Crippen molar-refractivity contribution in [2.24, 2.45) is 0 Å². The first-order valence-corrected chi connectivity index (χ1v) is 9.06. The molecule has 2 amide bonds. The number of aliphatic hydroxyl groups is 1. The highest BCUT2D eigenvalue weighted by atomic mass is 16.5. The van der Waals surface area contributed by atoms with Gasteiger partial charge in [0.05, 0.1) is 6.61 Å². The summed E-state index contributed by atoms with van der Waals surface area (Å²) < 4.78 is 5.01. The Morgan fingerprint density at radius 1 is 0.966 bits per heavy atom. The van der Waals surface area contributed by atoms with Crippen LogP contribution < -0.4 is 10.6 Å². The summed E-state index contributed by atoms with van der Waals surface area (Å²) in [6.45, 7) is 1.17. The highest BCUT2D eigenvalue weighted by molar-refractivity contribution is 5.89. The van der Waals surface area contributed by atoms with Crippen LogP contribution in [0.5, 0.6) is 0 Å². The Kier molecular flexibility index (Phi) is 8.17. The molecule has 0 bridgehead atoms. The summed E-state index contributed by atoms with van der Waals surface area (Å²) in [5.41, 5.74) is 2.47. The number of nitrogens with one attached hydrogen (secondary N) is 2. The summed E-state index contributed by atoms with van der Waals surface area (Å²) in [4.78, 5) is 35.8. The number of carboxylic acids is 1. The first-order chi connectivity index (χ1) is 13.9. The maximum Gasteiger partial charge on any atom is 0.408 e. The van der Waals surface area contributed by atoms with Gasteiger partial charge in [0.2, 0.25) is 5.91 Å². The average Bonchev–Trinajstić information content (AvgIpc) is 2.70. The minimum atomic E-state index is -1.34. The molecule has 2 rings (SSSR count). The van der Waals surface area contributed by atoms with Gasteiger partial charge in [0, 0.05) is 6.42 Å². The zero-order chi connectivity index (χ0) is 21.2. The lowest BCUT2D eigenvalue weighted by molar-refractivity contribution is -0.142. The van der Waals surface area contributed by atoms with Gasteiger partial charge in [-0.2, -0.15) is 0 Å². The van der Waals surface area contributed by atoms with Crippen molar-refractivity contribution in [2.75, 3.05) is 6.61 Å². The number of amides is 2. The molecule has 2 aromatic carbocycles. The zero-order valence-corrected chi connectivity index (χ0v) is 16.0. The van der Waals surface area contributed by atoms with E-state index in [0.717, 1.165) is 16.7 Å². The summed E-state index contributed by atoms with van der Waals surface area (Å²) in [7, 11) is 0. The minimum Gasteiger partial charge on any atom is -0.480 e. The van der Waals surface area contributed by atoms with Crippen LogP contribution >= 0.6 is 0 Å². The van der Waals surface area contributed by atoms with Crippen LogP contribution in [0.1, 0.15) is 16.7 Å². The van der Waals surface area contributed by atoms with E-state index in [1.807, 2.05) is 25.1 Å². The van der Waals surface area contributed by atoms with Crippen molar-refractivity contribution in [2.45, 2.75) is 32.0 Å². The molecule has 0 fully saturated rings. The number of hydrogen-bond acceptors (Lipinski definition) is 5. The smallest absolute Gasteiger partial charge is 0.408 e. The minimum absolute atomic E-state index is 0.00243. The molecule has 0 heterocycles. The maximum absolute atomic E-state index is 12.4. The van der Waals surface area contributed by atoms with Crippen molar-refractivity contribution < 1.29 is 29.3 Å². The van der Waals surface area contributed by atoms with Crippen molar-refractivity contribution in [1.82, 2.24) is 10.6 Å². The summed E-state index contributed by atoms with van der Waals surface area (Å²) in [5, 5.41) is 23.4. The van der Waals surface area contributed by atoms with Crippen molar-refractivity contribution in [3.05, 3.63) is 71.3 Å². The van der Waals surface area contributed by atoms with Gasteiger partial charge in [-0.15, -0.1) is 0 Å². The Morgan fingerprint density at radius 3 is 2.28 bits per heavy atom. The fourth-order valence-electron chi connectivity index (χ4n) is 2.65. The van der Waals surface area contributed by atoms with Crippen molar-refractivity contribution >= 4 is 18.0 Å². The number of carboxylic acid groups (broad SMARTS) is 1. The number of benzene rings is 2. The average molecular weight is 400 g/mol. The number of carbonyl (C=O) groups excluding carboxylic acids is 2. The monoisotopic (exact) mass is 400 g/mol. The Labute approximate surface area is 168 Å². The topological polar surface area (TPSA) is 125 Å². The number of aliphatic hydroxyl groups excluding tert-OH is 1. The number of hydrogen-bond donors (Lipinski definition) is 4. The Morgan fingerprint density at radius 2 is 1.66 bits per heavy atom. The molecule has 0 saturated carbocycles. The number of alkyl carbamates (subject to hydrolysis) is 1. The third-order valence-corrected chi connectivity index (χ3v) is 4.14. The van der Waals surface area contributed by atoms with E-state index in [9.17, 15) is 24.6 Å². The van der Waals surface area contributed by atoms with E-state index < -0.39 is 36.7 Å². The van der Waals surface area contributed by atoms with Crippen molar-refractivity contribution in [3.63, 3.8) is 0 Å². The molecule has 2 atom stereocenters. The summed E-state index contributed by atoms with van der Waals surface area (Å²) >= 11 is 0. The van der Waals surface area contributed by atoms with E-state index in [4.69, 9.17) is 4.74 Å². The van der Waals surface area contributed by atoms with Gasteiger partial charge in [-0.1, -0.05) is 60.2 Å². The van der Waals surface area contributed by atoms with Gasteiger partial charge in [0.1, 0.15) is 18.7 Å². The second kappa shape index (κ2) is 10.8. The molecule has 0 spiro atoms. The molecular weight excluding hydrogens is 376 g/mol. The van der Waals surface area contributed by atoms with Crippen LogP contribution in [0.2, 0.25) is 0 Å². The maximum atomic E-state index is 12.4. The molecule has 154 valence electrons. The second-order valence-electron chi connectivity index (χ2n) is 6.53. The van der Waals surface area contributed by atoms with Gasteiger partial charge < -0.3 is 25.6 Å². The van der Waals surface area contributed by atoms with E-state index in [-0.39, 0.29) is 13.0 Å². The molecule has 0 aliphatic rings. The number of aliphatic carboxylic acids is 1. The molecule has 0 aromatic heterocycles. The van der Waals surface area contributed by atoms with E-state index in [1.165, 1.54) is 0 Å². The molecule has 29 heavy (non-hydrogen) atoms. The third-order valence-electron chi connectivity index (χ3n) is 4.14. The van der Waals surface area contributed by atoms with Crippen molar-refractivity contribution in [1.29, 1.82) is 0 Å². The molecular formula is C21H24N2O6. The van der Waals surface area contributed by atoms with Crippen LogP contribution in [0.15, 0.2) is 54.6 Å². The predicted octanol–water partition coefficient (Wildman–Crippen LogP) is 1.39. The van der Waals surface area contributed by atoms with Crippen LogP contribution in [-0.2, 0) is 27.4 Å². The van der Waals surface area contributed by atoms with E-state index in [1.54, 1.807) is 36.4 Å². The van der Waals surface area contributed by atoms with Gasteiger partial charge >= 0.3 is 12.1 Å². The van der Waals surface area contributed by atoms with Crippen LogP contribution in [0.3, 0.4) is 0 Å². The lowest BCUT2D eigenvalue weighted by atomic mass is 10.0. The standard InChI is InChI=1S/C21H24N2O6/c1-14-6-5-9-16(10-14)11-17(20(26)27)22-19(25)18(12-24)23-21(28)29-13-15-7-3-2-4-8-15/h2-10,17-18,24H,11-13H2,1H3,(H,22,25)(H,23,28)(H,26,27)/t17-,18-/m0/s1. The number of ether oxygens (including phenoxy) is 1. The summed E-state index contributed by atoms with van der Waals surface area (Å²) in [6.07, 6.45) is -0.826. The van der Waals surface area contributed by atoms with Gasteiger partial charge in [0.25, 0.3) is 0 Å². The fraction of sp³-hybridized carbons (Fsp3) is 0.286. The van der Waals surface area contributed by atoms with E-state index in [0.29, 0.717) is 0 Å². The summed E-state index contributed by atoms with van der Waals surface area (Å²) in [6, 6.07) is 13.7. The molecule has 2 aromatic rings. The Hall–Kier alpha value is -3.39. The van der Waals surface area contributed by atoms with Crippen LogP contribution in [0.4, 0.5) is 4.79 Å². The first kappa shape index (κ1) is 21.9. The number of rotatable bonds is 9. The number of carbonyl (C=O) groups is 3. The van der Waals surface area contributed by atoms with Crippen LogP contribution in [-0.4, -0.2) is 46.9 Å². The van der Waals surface area contributed by atoms with E-state index in [2.05, 4.69) is 10.6 Å². The second-order valence-corrected chi connectivity index (χ2v) is 6.53. The number of aryl methyl sites for hydroxylation is 1. The lowest BCUT2D eigenvalue weighted by Crippen LogP contribution is -2.53. The molecule has 8 nitrogen and oxygen atoms in total. The molecule has 0 aliphatic heterocycles. The predicted molar refractivity (Wildman–Crippen MR) is 105 cm³/mol. The highest BCUT2D eigenvalue weighted by Gasteiger charge is 2.26. The first-order valence-electron chi connectivity index (χ1n) is 9.06. The molecule has 0 saturated heterocycles.